The number of phenolic OH excluding ortho intramolecular Hbond substituents is 3. The topological polar surface area (TPSA) is 287 Å². The Kier molecular flexibility index (Phi) is 10.4. The van der Waals surface area contributed by atoms with Crippen molar-refractivity contribution in [2.45, 2.75) is 105 Å². The van der Waals surface area contributed by atoms with Crippen molar-refractivity contribution in [3.63, 3.8) is 0 Å². The van der Waals surface area contributed by atoms with Crippen molar-refractivity contribution in [1.82, 2.24) is 9.97 Å². The fraction of sp³-hybridized carbons (Fsp3) is 0.471. The van der Waals surface area contributed by atoms with Crippen molar-refractivity contribution < 1.29 is 70.1 Å². The highest BCUT2D eigenvalue weighted by Gasteiger charge is 2.80. The number of anilines is 1. The van der Waals surface area contributed by atoms with Crippen LogP contribution in [0.2, 0.25) is 0 Å². The van der Waals surface area contributed by atoms with Crippen molar-refractivity contribution in [3.05, 3.63) is 112 Å². The summed E-state index contributed by atoms with van der Waals surface area (Å²) in [6, 6.07) is 12.9. The number of aromatic hydroxyl groups is 3. The number of aliphatic hydroxyl groups excluding tert-OH is 5. The Morgan fingerprint density at radius 2 is 1.78 bits per heavy atom. The van der Waals surface area contributed by atoms with Gasteiger partial charge in [0.15, 0.2) is 23.1 Å². The molecule has 17 heteroatoms. The molecule has 1 aromatic heterocycles. The number of carboxylic acids is 1. The highest BCUT2D eigenvalue weighted by atomic mass is 16.8. The number of fused-ring (bicyclic) bond motifs is 4. The van der Waals surface area contributed by atoms with Crippen molar-refractivity contribution in [2.75, 3.05) is 18.1 Å². The molecule has 17 nitrogen and oxygen atoms in total. The standard InChI is InChI=1S/C51H55N3O14/c55-22-26-13-30-16-28-15-27-4-3-6-37(58)42(27)48(11-2-1-5-34(28)48)50(30)31(14-26)20-49(47(64)65)45(50)33-18-38(59)39(67-51(66)46(63)44(62)43(61)40(23-56)68-51)19-35(33)54(49)41(60)10-8-25-7-9-36(57)29(12-25)17-32-21-52-24-53-32/h3-4,6-10,12,18-21,24,26,28,30,34,40,43-46,55-59,61-63,66H,1-2,5,11,13-17,22-23H2,(H,52,53)(H,64,65). The van der Waals surface area contributed by atoms with Crippen LogP contribution in [0.5, 0.6) is 23.0 Å². The van der Waals surface area contributed by atoms with Crippen LogP contribution in [0.3, 0.4) is 0 Å². The number of rotatable bonds is 9. The number of ether oxygens (including phenoxy) is 2. The van der Waals surface area contributed by atoms with Crippen LogP contribution in [0, 0.1) is 29.1 Å². The summed E-state index contributed by atoms with van der Waals surface area (Å²) < 4.78 is 11.2. The van der Waals surface area contributed by atoms with Gasteiger partial charge in [-0.2, -0.15) is 0 Å². The highest BCUT2D eigenvalue weighted by Crippen LogP contribution is 2.82. The Labute approximate surface area is 390 Å². The van der Waals surface area contributed by atoms with Gasteiger partial charge in [-0.25, -0.2) is 9.78 Å². The number of aromatic amines is 1. The molecule has 13 atom stereocenters. The summed E-state index contributed by atoms with van der Waals surface area (Å²) in [7, 11) is 0. The number of carboxylic acid groups (broad SMARTS) is 1. The number of phenols is 3. The van der Waals surface area contributed by atoms with Gasteiger partial charge in [0, 0.05) is 64.9 Å². The quantitative estimate of drug-likeness (QED) is 0.0653. The third-order valence-corrected chi connectivity index (χ3v) is 17.0. The number of hydrogen-bond donors (Lipinski definition) is 11. The normalized spacial score (nSPS) is 36.5. The van der Waals surface area contributed by atoms with Crippen LogP contribution in [-0.2, 0) is 32.6 Å². The zero-order valence-electron chi connectivity index (χ0n) is 37.0. The summed E-state index contributed by atoms with van der Waals surface area (Å²) in [5, 5.41) is 112. The first-order valence-electron chi connectivity index (χ1n) is 23.4. The number of aliphatic hydroxyl groups is 6. The fourth-order valence-corrected chi connectivity index (χ4v) is 14.8. The maximum absolute atomic E-state index is 15.4. The molecule has 3 aromatic carbocycles. The van der Waals surface area contributed by atoms with Gasteiger partial charge in [-0.1, -0.05) is 36.6 Å². The number of benzene rings is 3. The van der Waals surface area contributed by atoms with Crippen LogP contribution in [-0.4, -0.2) is 122 Å². The molecule has 11 rings (SSSR count). The molecule has 3 heterocycles. The molecule has 2 aliphatic heterocycles. The van der Waals surface area contributed by atoms with E-state index >= 15 is 4.79 Å². The number of allylic oxidation sites excluding steroid dienone is 1. The lowest BCUT2D eigenvalue weighted by Crippen LogP contribution is -2.69. The van der Waals surface area contributed by atoms with E-state index in [4.69, 9.17) is 9.47 Å². The predicted octanol–water partition coefficient (Wildman–Crippen LogP) is 3.23. The third kappa shape index (κ3) is 6.02. The lowest BCUT2D eigenvalue weighted by atomic mass is 9.32. The summed E-state index contributed by atoms with van der Waals surface area (Å²) >= 11 is 0. The fourth-order valence-electron chi connectivity index (χ4n) is 14.8. The van der Waals surface area contributed by atoms with Gasteiger partial charge in [-0.3, -0.25) is 9.69 Å². The van der Waals surface area contributed by atoms with Crippen LogP contribution in [0.15, 0.2) is 78.8 Å². The summed E-state index contributed by atoms with van der Waals surface area (Å²) in [6.45, 7) is -1.05. The van der Waals surface area contributed by atoms with Gasteiger partial charge >= 0.3 is 11.9 Å². The van der Waals surface area contributed by atoms with E-state index in [-0.39, 0.29) is 53.0 Å². The predicted molar refractivity (Wildman–Crippen MR) is 240 cm³/mol. The van der Waals surface area contributed by atoms with Crippen LogP contribution in [0.25, 0.3) is 6.08 Å². The van der Waals surface area contributed by atoms with Crippen LogP contribution in [0.4, 0.5) is 5.69 Å². The molecule has 1 amide bonds. The Morgan fingerprint density at radius 3 is 2.53 bits per heavy atom. The maximum atomic E-state index is 15.4. The maximum Gasteiger partial charge on any atom is 0.355 e. The zero-order valence-corrected chi connectivity index (χ0v) is 37.0. The minimum Gasteiger partial charge on any atom is -0.508 e. The van der Waals surface area contributed by atoms with Crippen LogP contribution < -0.4 is 9.64 Å². The minimum absolute atomic E-state index is 0.00872. The molecule has 1 spiro atoms. The third-order valence-electron chi connectivity index (χ3n) is 17.0. The van der Waals surface area contributed by atoms with E-state index in [1.165, 1.54) is 41.6 Å². The molecule has 5 aliphatic carbocycles. The second kappa shape index (κ2) is 15.9. The molecule has 4 aromatic rings. The molecular weight excluding hydrogens is 879 g/mol. The first kappa shape index (κ1) is 44.7. The lowest BCUT2D eigenvalue weighted by Gasteiger charge is -2.71. The number of H-pyrrole nitrogens is 1. The Morgan fingerprint density at radius 1 is 0.956 bits per heavy atom. The van der Waals surface area contributed by atoms with Gasteiger partial charge in [0.2, 0.25) is 0 Å². The van der Waals surface area contributed by atoms with Crippen LogP contribution >= 0.6 is 0 Å². The Bertz CT molecular complexity index is 2760. The number of hydrogen-bond acceptors (Lipinski definition) is 14. The molecule has 7 aliphatic rings. The van der Waals surface area contributed by atoms with Gasteiger partial charge in [-0.15, -0.1) is 0 Å². The average molecular weight is 934 g/mol. The second-order valence-corrected chi connectivity index (χ2v) is 20.1. The van der Waals surface area contributed by atoms with E-state index in [1.54, 1.807) is 30.5 Å². The van der Waals surface area contributed by atoms with Crippen LogP contribution in [0.1, 0.15) is 84.4 Å². The van der Waals surface area contributed by atoms with Gasteiger partial charge in [0.05, 0.1) is 18.6 Å². The second-order valence-electron chi connectivity index (χ2n) is 20.1. The number of carbonyl (C=O) groups is 2. The highest BCUT2D eigenvalue weighted by molar-refractivity contribution is 6.13. The van der Waals surface area contributed by atoms with E-state index in [0.29, 0.717) is 43.2 Å². The van der Waals surface area contributed by atoms with Gasteiger partial charge in [0.1, 0.15) is 29.8 Å². The molecule has 358 valence electrons. The van der Waals surface area contributed by atoms with E-state index < -0.39 is 82.7 Å². The van der Waals surface area contributed by atoms with Gasteiger partial charge in [-0.05, 0) is 115 Å². The number of carbonyl (C=O) groups excluding carboxylic acids is 1. The van der Waals surface area contributed by atoms with Gasteiger partial charge in [0.25, 0.3) is 5.91 Å². The van der Waals surface area contributed by atoms with E-state index in [2.05, 4.69) is 9.97 Å². The molecule has 1 saturated heterocycles. The number of nitrogens with zero attached hydrogens (tertiary/aromatic N) is 2. The zero-order chi connectivity index (χ0) is 47.7. The molecule has 2 bridgehead atoms. The van der Waals surface area contributed by atoms with Crippen molar-refractivity contribution in [2.24, 2.45) is 29.1 Å². The van der Waals surface area contributed by atoms with Gasteiger partial charge < -0.3 is 65.5 Å². The van der Waals surface area contributed by atoms with Crippen molar-refractivity contribution >= 4 is 23.6 Å². The number of imidazole rings is 1. The monoisotopic (exact) mass is 933 g/mol. The van der Waals surface area contributed by atoms with E-state index in [1.807, 2.05) is 12.1 Å². The Hall–Kier alpha value is -5.79. The number of aromatic nitrogens is 2. The van der Waals surface area contributed by atoms with Crippen molar-refractivity contribution in [3.8, 4) is 23.0 Å². The van der Waals surface area contributed by atoms with Crippen molar-refractivity contribution in [1.29, 1.82) is 0 Å². The molecule has 68 heavy (non-hydrogen) atoms. The molecular formula is C51H55N3O14. The Balaban J connectivity index is 1.13. The molecule has 4 fully saturated rings. The SMILES string of the molecule is O=C(C=Cc1ccc(O)c(Cc2cnc[nH]2)c1)N1c2cc(OC3(O)OC(CO)C(O)C(O)C3O)c(O)cc2C2C1(C(=O)O)C=C1CC(CO)CC3CC4Cc5cccc(O)c5C5(CCCCC45)C132. The first-order valence-corrected chi connectivity index (χ1v) is 23.4. The first-order chi connectivity index (χ1) is 32.6. The largest absolute Gasteiger partial charge is 0.508 e. The molecule has 0 radical (unpaired) electrons. The average Bonchev–Trinajstić information content (AvgIpc) is 4.02. The molecule has 13 unspecified atom stereocenters. The summed E-state index contributed by atoms with van der Waals surface area (Å²) in [5.41, 5.74) is 0.502. The van der Waals surface area contributed by atoms with E-state index in [9.17, 15) is 55.9 Å². The summed E-state index contributed by atoms with van der Waals surface area (Å²) in [5.74, 6) is -7.77. The minimum atomic E-state index is -3.17. The molecule has 11 N–H and O–H groups in total. The summed E-state index contributed by atoms with van der Waals surface area (Å²) in [6.07, 6.45) is 5.44. The summed E-state index contributed by atoms with van der Waals surface area (Å²) in [4.78, 5) is 38.5. The van der Waals surface area contributed by atoms with E-state index in [0.717, 1.165) is 48.1 Å². The number of amides is 1. The smallest absolute Gasteiger partial charge is 0.355 e. The number of aliphatic carboxylic acids is 1. The number of nitrogens with one attached hydrogen (secondary N) is 1. The lowest BCUT2D eigenvalue weighted by molar-refractivity contribution is -0.422. The molecule has 3 saturated carbocycles.